The number of halogens is 1. The Hall–Kier alpha value is -3.00. The summed E-state index contributed by atoms with van der Waals surface area (Å²) in [6, 6.07) is 11.1. The van der Waals surface area contributed by atoms with Crippen LogP contribution in [-0.4, -0.2) is 24.4 Å². The number of anilines is 1. The third-order valence-corrected chi connectivity index (χ3v) is 3.14. The van der Waals surface area contributed by atoms with Crippen LogP contribution < -0.4 is 20.2 Å². The molecule has 2 rings (SSSR count). The highest BCUT2D eigenvalue weighted by atomic mass is 32.1. The number of hydrogen-bond acceptors (Lipinski definition) is 5. The number of hydrazone groups is 1. The van der Waals surface area contributed by atoms with Crippen LogP contribution in [0.15, 0.2) is 47.6 Å². The van der Waals surface area contributed by atoms with Crippen molar-refractivity contribution in [2.24, 2.45) is 5.10 Å². The second kappa shape index (κ2) is 8.74. The average Bonchev–Trinajstić information content (AvgIpc) is 2.57. The van der Waals surface area contributed by atoms with Crippen molar-refractivity contribution in [3.63, 3.8) is 0 Å². The number of hydrogen-bond donors (Lipinski definition) is 2. The van der Waals surface area contributed by atoms with Crippen LogP contribution in [0.5, 0.6) is 11.5 Å². The molecule has 25 heavy (non-hydrogen) atoms. The van der Waals surface area contributed by atoms with Crippen molar-refractivity contribution in [2.45, 2.75) is 6.92 Å². The molecule has 8 heteroatoms. The highest BCUT2D eigenvalue weighted by Gasteiger charge is 2.07. The smallest absolute Gasteiger partial charge is 0.308 e. The minimum Gasteiger partial charge on any atom is -0.493 e. The quantitative estimate of drug-likeness (QED) is 0.280. The lowest BCUT2D eigenvalue weighted by Gasteiger charge is -2.09. The van der Waals surface area contributed by atoms with E-state index in [0.29, 0.717) is 17.1 Å². The van der Waals surface area contributed by atoms with Crippen LogP contribution in [0.2, 0.25) is 0 Å². The van der Waals surface area contributed by atoms with Crippen LogP contribution in [0, 0.1) is 5.82 Å². The Balaban J connectivity index is 1.98. The van der Waals surface area contributed by atoms with Gasteiger partial charge in [-0.15, -0.1) is 0 Å². The average molecular weight is 361 g/mol. The predicted octanol–water partition coefficient (Wildman–Crippen LogP) is 3.08. The number of benzene rings is 2. The molecule has 130 valence electrons. The Labute approximate surface area is 149 Å². The SMILES string of the molecule is COc1cc(/C=N\NC(=S)Nc2ccccc2F)ccc1OC(C)=O. The molecule has 0 bridgehead atoms. The predicted molar refractivity (Wildman–Crippen MR) is 97.7 cm³/mol. The van der Waals surface area contributed by atoms with E-state index in [9.17, 15) is 9.18 Å². The fourth-order valence-corrected chi connectivity index (χ4v) is 2.04. The normalized spacial score (nSPS) is 10.4. The van der Waals surface area contributed by atoms with Crippen molar-refractivity contribution in [3.05, 3.63) is 53.8 Å². The minimum atomic E-state index is -0.439. The molecule has 6 nitrogen and oxygen atoms in total. The molecule has 0 atom stereocenters. The topological polar surface area (TPSA) is 71.9 Å². The van der Waals surface area contributed by atoms with Crippen LogP contribution in [0.1, 0.15) is 12.5 Å². The summed E-state index contributed by atoms with van der Waals surface area (Å²) < 4.78 is 23.7. The molecule has 2 aromatic carbocycles. The molecule has 0 radical (unpaired) electrons. The number of ether oxygens (including phenoxy) is 2. The fraction of sp³-hybridized carbons (Fsp3) is 0.118. The van der Waals surface area contributed by atoms with E-state index in [2.05, 4.69) is 15.8 Å². The van der Waals surface area contributed by atoms with Gasteiger partial charge in [0.2, 0.25) is 0 Å². The van der Waals surface area contributed by atoms with Crippen LogP contribution in [0.4, 0.5) is 10.1 Å². The van der Waals surface area contributed by atoms with E-state index in [1.807, 2.05) is 0 Å². The van der Waals surface area contributed by atoms with E-state index in [4.69, 9.17) is 21.7 Å². The van der Waals surface area contributed by atoms with Gasteiger partial charge in [-0.1, -0.05) is 12.1 Å². The van der Waals surface area contributed by atoms with Gasteiger partial charge in [-0.2, -0.15) is 5.10 Å². The van der Waals surface area contributed by atoms with Gasteiger partial charge in [0.05, 0.1) is 19.0 Å². The number of esters is 1. The molecular weight excluding hydrogens is 345 g/mol. The van der Waals surface area contributed by atoms with Gasteiger partial charge in [-0.25, -0.2) is 4.39 Å². The van der Waals surface area contributed by atoms with Gasteiger partial charge < -0.3 is 14.8 Å². The molecule has 2 N–H and O–H groups in total. The molecule has 0 aromatic heterocycles. The summed E-state index contributed by atoms with van der Waals surface area (Å²) >= 11 is 5.04. The van der Waals surface area contributed by atoms with Crippen LogP contribution in [-0.2, 0) is 4.79 Å². The zero-order chi connectivity index (χ0) is 18.2. The lowest BCUT2D eigenvalue weighted by molar-refractivity contribution is -0.132. The first-order valence-electron chi connectivity index (χ1n) is 7.20. The molecule has 0 saturated heterocycles. The largest absolute Gasteiger partial charge is 0.493 e. The molecular formula is C17H16FN3O3S. The standard InChI is InChI=1S/C17H16FN3O3S/c1-11(22)24-15-8-7-12(9-16(15)23-2)10-19-21-17(25)20-14-6-4-3-5-13(14)18/h3-10H,1-2H3,(H2,20,21,25)/b19-10-. The van der Waals surface area contributed by atoms with Crippen molar-refractivity contribution in [3.8, 4) is 11.5 Å². The zero-order valence-corrected chi connectivity index (χ0v) is 14.4. The maximum Gasteiger partial charge on any atom is 0.308 e. The Morgan fingerprint density at radius 1 is 1.24 bits per heavy atom. The second-order valence-electron chi connectivity index (χ2n) is 4.81. The van der Waals surface area contributed by atoms with Gasteiger partial charge in [-0.05, 0) is 48.1 Å². The van der Waals surface area contributed by atoms with Crippen molar-refractivity contribution in [1.82, 2.24) is 5.43 Å². The summed E-state index contributed by atoms with van der Waals surface area (Å²) in [6.45, 7) is 1.31. The summed E-state index contributed by atoms with van der Waals surface area (Å²) in [7, 11) is 1.47. The second-order valence-corrected chi connectivity index (χ2v) is 5.22. The van der Waals surface area contributed by atoms with Crippen LogP contribution in [0.3, 0.4) is 0 Å². The molecule has 0 aliphatic carbocycles. The monoisotopic (exact) mass is 361 g/mol. The summed E-state index contributed by atoms with van der Waals surface area (Å²) in [4.78, 5) is 11.0. The third kappa shape index (κ3) is 5.54. The summed E-state index contributed by atoms with van der Waals surface area (Å²) in [5.41, 5.74) is 3.53. The minimum absolute atomic E-state index is 0.143. The van der Waals surface area contributed by atoms with Crippen molar-refractivity contribution < 1.29 is 18.7 Å². The molecule has 0 spiro atoms. The van der Waals surface area contributed by atoms with Gasteiger partial charge >= 0.3 is 5.97 Å². The highest BCUT2D eigenvalue weighted by Crippen LogP contribution is 2.27. The third-order valence-electron chi connectivity index (χ3n) is 2.94. The van der Waals surface area contributed by atoms with Crippen molar-refractivity contribution >= 4 is 35.2 Å². The maximum atomic E-state index is 13.5. The highest BCUT2D eigenvalue weighted by molar-refractivity contribution is 7.80. The van der Waals surface area contributed by atoms with E-state index in [1.165, 1.54) is 26.3 Å². The molecule has 2 aromatic rings. The number of thiocarbonyl (C=S) groups is 1. The number of carbonyl (C=O) groups excluding carboxylic acids is 1. The lowest BCUT2D eigenvalue weighted by atomic mass is 10.2. The van der Waals surface area contributed by atoms with Crippen LogP contribution in [0.25, 0.3) is 0 Å². The molecule has 0 aliphatic heterocycles. The molecule has 0 saturated carbocycles. The van der Waals surface area contributed by atoms with E-state index in [-0.39, 0.29) is 10.8 Å². The number of nitrogens with one attached hydrogen (secondary N) is 2. The first-order valence-corrected chi connectivity index (χ1v) is 7.61. The molecule has 0 fully saturated rings. The number of methoxy groups -OCH3 is 1. The zero-order valence-electron chi connectivity index (χ0n) is 13.6. The fourth-order valence-electron chi connectivity index (χ4n) is 1.88. The molecule has 0 heterocycles. The maximum absolute atomic E-state index is 13.5. The van der Waals surface area contributed by atoms with Gasteiger partial charge in [0.15, 0.2) is 16.6 Å². The number of rotatable bonds is 5. The number of carbonyl (C=O) groups is 1. The summed E-state index contributed by atoms with van der Waals surface area (Å²) in [5.74, 6) is -0.143. The Bertz CT molecular complexity index is 811. The first-order chi connectivity index (χ1) is 12.0. The number of nitrogens with zero attached hydrogens (tertiary/aromatic N) is 1. The van der Waals surface area contributed by atoms with E-state index < -0.39 is 11.8 Å². The van der Waals surface area contributed by atoms with Crippen LogP contribution >= 0.6 is 12.2 Å². The van der Waals surface area contributed by atoms with Gasteiger partial charge in [-0.3, -0.25) is 10.2 Å². The molecule has 0 amide bonds. The van der Waals surface area contributed by atoms with E-state index >= 15 is 0 Å². The Morgan fingerprint density at radius 3 is 2.68 bits per heavy atom. The van der Waals surface area contributed by atoms with E-state index in [0.717, 1.165) is 0 Å². The molecule has 0 aliphatic rings. The lowest BCUT2D eigenvalue weighted by Crippen LogP contribution is -2.24. The van der Waals surface area contributed by atoms with Gasteiger partial charge in [0, 0.05) is 6.92 Å². The number of para-hydroxylation sites is 1. The van der Waals surface area contributed by atoms with Crippen molar-refractivity contribution in [2.75, 3.05) is 12.4 Å². The Kier molecular flexibility index (Phi) is 6.41. The van der Waals surface area contributed by atoms with Gasteiger partial charge in [0.25, 0.3) is 0 Å². The van der Waals surface area contributed by atoms with E-state index in [1.54, 1.807) is 36.4 Å². The molecule has 0 unspecified atom stereocenters. The Morgan fingerprint density at radius 2 is 2.00 bits per heavy atom. The summed E-state index contributed by atoms with van der Waals surface area (Å²) in [6.07, 6.45) is 1.50. The van der Waals surface area contributed by atoms with Crippen molar-refractivity contribution in [1.29, 1.82) is 0 Å². The summed E-state index contributed by atoms with van der Waals surface area (Å²) in [5, 5.41) is 6.81. The van der Waals surface area contributed by atoms with Gasteiger partial charge in [0.1, 0.15) is 5.82 Å². The first kappa shape index (κ1) is 18.3.